The summed E-state index contributed by atoms with van der Waals surface area (Å²) in [6, 6.07) is 15.0. The highest BCUT2D eigenvalue weighted by atomic mass is 32.3. The van der Waals surface area contributed by atoms with Crippen LogP contribution in [0.1, 0.15) is 36.5 Å². The molecule has 0 fully saturated rings. The first-order valence-electron chi connectivity index (χ1n) is 11.4. The van der Waals surface area contributed by atoms with Crippen molar-refractivity contribution in [3.63, 3.8) is 0 Å². The highest BCUT2D eigenvalue weighted by Crippen LogP contribution is 2.59. The summed E-state index contributed by atoms with van der Waals surface area (Å²) in [5.41, 5.74) is 0.595. The van der Waals surface area contributed by atoms with Crippen molar-refractivity contribution in [1.82, 2.24) is 4.31 Å². The molecule has 0 saturated heterocycles. The van der Waals surface area contributed by atoms with Gasteiger partial charge in [-0.05, 0) is 42.3 Å². The van der Waals surface area contributed by atoms with Crippen molar-refractivity contribution in [3.05, 3.63) is 77.9 Å². The molecule has 6 nitrogen and oxygen atoms in total. The lowest BCUT2D eigenvalue weighted by molar-refractivity contribution is 0.0692. The van der Waals surface area contributed by atoms with E-state index in [0.717, 1.165) is 37.1 Å². The van der Waals surface area contributed by atoms with Crippen molar-refractivity contribution in [2.45, 2.75) is 37.1 Å². The number of hydrogen-bond donors (Lipinski definition) is 3. The monoisotopic (exact) mass is 502 g/mol. The van der Waals surface area contributed by atoms with Gasteiger partial charge in [-0.1, -0.05) is 44.0 Å². The summed E-state index contributed by atoms with van der Waals surface area (Å²) in [5, 5.41) is 9.29. The highest BCUT2D eigenvalue weighted by Gasteiger charge is 2.38. The lowest BCUT2D eigenvalue weighted by Crippen LogP contribution is -2.39. The number of halogens is 2. The SMILES string of the molecule is CCCCC1CN(c2ccccc2)c2cc(F)c(-c3ccc(F)c(C(=O)O)c3)cc2S(O)(O)N1C. The molecule has 1 unspecified atom stereocenters. The molecule has 186 valence electrons. The number of para-hydroxylation sites is 1. The van der Waals surface area contributed by atoms with E-state index in [2.05, 4.69) is 6.92 Å². The fourth-order valence-corrected chi connectivity index (χ4v) is 6.03. The first-order chi connectivity index (χ1) is 16.6. The van der Waals surface area contributed by atoms with Crippen molar-refractivity contribution < 1.29 is 27.8 Å². The maximum Gasteiger partial charge on any atom is 0.338 e. The van der Waals surface area contributed by atoms with Crippen molar-refractivity contribution in [1.29, 1.82) is 0 Å². The minimum atomic E-state index is -3.52. The van der Waals surface area contributed by atoms with E-state index in [9.17, 15) is 23.4 Å². The number of fused-ring (bicyclic) bond motifs is 1. The van der Waals surface area contributed by atoms with Crippen LogP contribution in [0.5, 0.6) is 0 Å². The van der Waals surface area contributed by atoms with Gasteiger partial charge in [0.15, 0.2) is 0 Å². The molecule has 1 aliphatic rings. The number of carbonyl (C=O) groups is 1. The van der Waals surface area contributed by atoms with Gasteiger partial charge < -0.3 is 10.0 Å². The van der Waals surface area contributed by atoms with Gasteiger partial charge in [-0.3, -0.25) is 9.11 Å². The van der Waals surface area contributed by atoms with Crippen molar-refractivity contribution >= 4 is 28.1 Å². The number of anilines is 2. The molecule has 1 atom stereocenters. The Morgan fingerprint density at radius 1 is 1.06 bits per heavy atom. The predicted octanol–water partition coefficient (Wildman–Crippen LogP) is 7.00. The molecule has 0 spiro atoms. The Bertz CT molecular complexity index is 1240. The standard InChI is InChI=1S/C26H28F2N2O4S/c1-3-4-8-19-16-30(18-9-6-5-7-10-18)24-15-23(28)20(14-25(24)35(33,34)29(19)2)17-11-12-22(27)21(13-17)26(31)32/h5-7,9-15,19,33-34H,3-4,8,16H2,1-2H3,(H,31,32). The van der Waals surface area contributed by atoms with Crippen LogP contribution in [-0.2, 0) is 0 Å². The van der Waals surface area contributed by atoms with Crippen molar-refractivity contribution in [3.8, 4) is 11.1 Å². The second kappa shape index (κ2) is 9.94. The summed E-state index contributed by atoms with van der Waals surface area (Å²) in [6.07, 6.45) is 2.54. The maximum atomic E-state index is 15.5. The van der Waals surface area contributed by atoms with Gasteiger partial charge >= 0.3 is 5.97 Å². The Labute approximate surface area is 204 Å². The molecule has 0 radical (unpaired) electrons. The molecular formula is C26H28F2N2O4S. The normalized spacial score (nSPS) is 18.6. The van der Waals surface area contributed by atoms with Gasteiger partial charge in [0.2, 0.25) is 0 Å². The molecule has 3 aromatic carbocycles. The molecule has 1 aliphatic heterocycles. The summed E-state index contributed by atoms with van der Waals surface area (Å²) >= 11 is 0. The van der Waals surface area contributed by atoms with Crippen LogP contribution in [0.25, 0.3) is 11.1 Å². The minimum absolute atomic E-state index is 0.0420. The fourth-order valence-electron chi connectivity index (χ4n) is 4.40. The lowest BCUT2D eigenvalue weighted by atomic mass is 10.0. The number of aromatic carboxylic acids is 1. The van der Waals surface area contributed by atoms with Gasteiger partial charge in [-0.15, -0.1) is 10.8 Å². The number of carboxylic acid groups (broad SMARTS) is 1. The molecule has 35 heavy (non-hydrogen) atoms. The average Bonchev–Trinajstić information content (AvgIpc) is 2.91. The smallest absolute Gasteiger partial charge is 0.338 e. The average molecular weight is 503 g/mol. The summed E-state index contributed by atoms with van der Waals surface area (Å²) < 4.78 is 53.9. The molecule has 0 aliphatic carbocycles. The van der Waals surface area contributed by atoms with E-state index in [1.165, 1.54) is 18.2 Å². The van der Waals surface area contributed by atoms with E-state index >= 15 is 4.39 Å². The third-order valence-corrected chi connectivity index (χ3v) is 8.43. The zero-order valence-electron chi connectivity index (χ0n) is 19.5. The number of unbranched alkanes of at least 4 members (excludes halogenated alkanes) is 1. The molecule has 0 amide bonds. The van der Waals surface area contributed by atoms with Gasteiger partial charge in [0.1, 0.15) is 11.6 Å². The fraction of sp³-hybridized carbons (Fsp3) is 0.269. The largest absolute Gasteiger partial charge is 0.478 e. The van der Waals surface area contributed by atoms with E-state index < -0.39 is 33.9 Å². The van der Waals surface area contributed by atoms with Crippen LogP contribution in [0.3, 0.4) is 0 Å². The van der Waals surface area contributed by atoms with E-state index in [0.29, 0.717) is 12.2 Å². The van der Waals surface area contributed by atoms with Crippen LogP contribution in [0.4, 0.5) is 20.2 Å². The number of rotatable bonds is 6. The quantitative estimate of drug-likeness (QED) is 0.337. The third-order valence-electron chi connectivity index (χ3n) is 6.41. The molecule has 9 heteroatoms. The van der Waals surface area contributed by atoms with Crippen LogP contribution >= 0.6 is 10.8 Å². The van der Waals surface area contributed by atoms with Crippen molar-refractivity contribution in [2.75, 3.05) is 18.5 Å². The molecule has 3 N–H and O–H groups in total. The number of benzene rings is 3. The lowest BCUT2D eigenvalue weighted by Gasteiger charge is -2.43. The van der Waals surface area contributed by atoms with Crippen LogP contribution < -0.4 is 4.90 Å². The van der Waals surface area contributed by atoms with Gasteiger partial charge in [-0.25, -0.2) is 17.9 Å². The topological polar surface area (TPSA) is 84.2 Å². The number of hydrogen-bond acceptors (Lipinski definition) is 5. The Morgan fingerprint density at radius 3 is 2.43 bits per heavy atom. The summed E-state index contributed by atoms with van der Waals surface area (Å²) in [7, 11) is -1.87. The molecule has 0 aromatic heterocycles. The second-order valence-electron chi connectivity index (χ2n) is 8.61. The molecule has 1 heterocycles. The minimum Gasteiger partial charge on any atom is -0.478 e. The number of likely N-dealkylation sites (N-methyl/N-ethyl adjacent to an activating group) is 1. The van der Waals surface area contributed by atoms with E-state index in [1.54, 1.807) is 11.4 Å². The van der Waals surface area contributed by atoms with Gasteiger partial charge in [0.25, 0.3) is 0 Å². The zero-order valence-corrected chi connectivity index (χ0v) is 20.3. The summed E-state index contributed by atoms with van der Waals surface area (Å²) in [6.45, 7) is 2.48. The highest BCUT2D eigenvalue weighted by molar-refractivity contribution is 8.22. The molecule has 0 saturated carbocycles. The third kappa shape index (κ3) is 4.77. The Kier molecular flexibility index (Phi) is 7.14. The van der Waals surface area contributed by atoms with Crippen LogP contribution in [0, 0.1) is 11.6 Å². The van der Waals surface area contributed by atoms with E-state index in [-0.39, 0.29) is 22.1 Å². The Morgan fingerprint density at radius 2 is 1.77 bits per heavy atom. The number of carboxylic acids is 1. The molecule has 0 bridgehead atoms. The van der Waals surface area contributed by atoms with Crippen molar-refractivity contribution in [2.24, 2.45) is 0 Å². The summed E-state index contributed by atoms with van der Waals surface area (Å²) in [4.78, 5) is 13.4. The zero-order chi connectivity index (χ0) is 25.3. The van der Waals surface area contributed by atoms with Crippen LogP contribution in [0.15, 0.2) is 65.6 Å². The molecule has 3 aromatic rings. The second-order valence-corrected chi connectivity index (χ2v) is 10.7. The first kappa shape index (κ1) is 25.1. The van der Waals surface area contributed by atoms with Crippen LogP contribution in [0.2, 0.25) is 0 Å². The predicted molar refractivity (Wildman–Crippen MR) is 134 cm³/mol. The van der Waals surface area contributed by atoms with E-state index in [1.807, 2.05) is 35.2 Å². The van der Waals surface area contributed by atoms with Gasteiger partial charge in [-0.2, -0.15) is 0 Å². The molecular weight excluding hydrogens is 474 g/mol. The molecule has 4 rings (SSSR count). The maximum absolute atomic E-state index is 15.5. The van der Waals surface area contributed by atoms with E-state index in [4.69, 9.17) is 0 Å². The first-order valence-corrected chi connectivity index (χ1v) is 12.9. The van der Waals surface area contributed by atoms with Gasteiger partial charge in [0, 0.05) is 37.0 Å². The Hall–Kier alpha value is -2.98. The Balaban J connectivity index is 1.93. The van der Waals surface area contributed by atoms with Gasteiger partial charge in [0.05, 0.1) is 16.1 Å². The number of nitrogens with zero attached hydrogens (tertiary/aromatic N) is 2. The van der Waals surface area contributed by atoms with Crippen LogP contribution in [-0.4, -0.2) is 44.1 Å². The summed E-state index contributed by atoms with van der Waals surface area (Å²) in [5.74, 6) is -3.09.